The molecule has 0 amide bonds. The lowest BCUT2D eigenvalue weighted by Gasteiger charge is -2.36. The molecule has 6 heteroatoms. The second-order valence-corrected chi connectivity index (χ2v) is 6.56. The molecule has 2 heterocycles. The molecule has 0 bridgehead atoms. The molecule has 1 aromatic heterocycles. The van der Waals surface area contributed by atoms with Crippen LogP contribution in [-0.2, 0) is 0 Å². The van der Waals surface area contributed by atoms with Gasteiger partial charge in [0.05, 0.1) is 7.11 Å². The van der Waals surface area contributed by atoms with Crippen molar-refractivity contribution in [3.63, 3.8) is 0 Å². The summed E-state index contributed by atoms with van der Waals surface area (Å²) in [4.78, 5) is 8.96. The Morgan fingerprint density at radius 3 is 2.56 bits per heavy atom. The summed E-state index contributed by atoms with van der Waals surface area (Å²) in [6.07, 6.45) is 2.84. The fourth-order valence-electron chi connectivity index (χ4n) is 3.07. The minimum Gasteiger partial charge on any atom is -0.497 e. The highest BCUT2D eigenvalue weighted by Crippen LogP contribution is 2.20. The van der Waals surface area contributed by atoms with Gasteiger partial charge in [0.1, 0.15) is 10.9 Å². The molecule has 134 valence electrons. The van der Waals surface area contributed by atoms with Crippen LogP contribution in [0.5, 0.6) is 5.75 Å². The Bertz CT molecular complexity index is 657. The van der Waals surface area contributed by atoms with E-state index < -0.39 is 0 Å². The normalized spacial score (nSPS) is 15.2. The summed E-state index contributed by atoms with van der Waals surface area (Å²) in [5, 5.41) is 3.92. The van der Waals surface area contributed by atoms with Crippen molar-refractivity contribution in [1.29, 1.82) is 0 Å². The molecule has 25 heavy (non-hydrogen) atoms. The van der Waals surface area contributed by atoms with Gasteiger partial charge < -0.3 is 15.0 Å². The first-order valence-electron chi connectivity index (χ1n) is 8.71. The summed E-state index contributed by atoms with van der Waals surface area (Å²) in [7, 11) is 1.70. The maximum Gasteiger partial charge on any atom is 0.131 e. The molecule has 1 aromatic carbocycles. The number of aromatic nitrogens is 1. The Kier molecular flexibility index (Phi) is 6.36. The molecule has 0 aliphatic carbocycles. The van der Waals surface area contributed by atoms with E-state index in [-0.39, 0.29) is 0 Å². The minimum atomic E-state index is 0.527. The largest absolute Gasteiger partial charge is 0.497 e. The number of rotatable bonds is 7. The van der Waals surface area contributed by atoms with Gasteiger partial charge in [0, 0.05) is 50.3 Å². The summed E-state index contributed by atoms with van der Waals surface area (Å²) >= 11 is 5.89. The third kappa shape index (κ3) is 5.25. The molecule has 1 aliphatic rings. The Labute approximate surface area is 154 Å². The van der Waals surface area contributed by atoms with E-state index in [1.165, 1.54) is 5.69 Å². The fourth-order valence-corrected chi connectivity index (χ4v) is 3.24. The molecule has 1 fully saturated rings. The minimum absolute atomic E-state index is 0.527. The Morgan fingerprint density at radius 1 is 1.12 bits per heavy atom. The first-order chi connectivity index (χ1) is 12.2. The van der Waals surface area contributed by atoms with Gasteiger partial charge in [0.15, 0.2) is 0 Å². The van der Waals surface area contributed by atoms with Gasteiger partial charge in [-0.3, -0.25) is 4.90 Å². The van der Waals surface area contributed by atoms with Crippen molar-refractivity contribution in [1.82, 2.24) is 9.88 Å². The van der Waals surface area contributed by atoms with Crippen LogP contribution in [-0.4, -0.2) is 56.3 Å². The molecule has 0 radical (unpaired) electrons. The monoisotopic (exact) mass is 360 g/mol. The van der Waals surface area contributed by atoms with Crippen molar-refractivity contribution in [2.24, 2.45) is 0 Å². The lowest BCUT2D eigenvalue weighted by Crippen LogP contribution is -2.46. The van der Waals surface area contributed by atoms with Gasteiger partial charge >= 0.3 is 0 Å². The summed E-state index contributed by atoms with van der Waals surface area (Å²) in [5.74, 6) is 0.908. The molecule has 1 saturated heterocycles. The van der Waals surface area contributed by atoms with E-state index in [2.05, 4.69) is 32.2 Å². The molecule has 0 unspecified atom stereocenters. The highest BCUT2D eigenvalue weighted by atomic mass is 35.5. The van der Waals surface area contributed by atoms with Gasteiger partial charge in [0.25, 0.3) is 0 Å². The van der Waals surface area contributed by atoms with Crippen LogP contribution in [0, 0.1) is 0 Å². The van der Waals surface area contributed by atoms with E-state index in [1.54, 1.807) is 13.3 Å². The van der Waals surface area contributed by atoms with Crippen molar-refractivity contribution >= 4 is 23.0 Å². The predicted octanol–water partition coefficient (Wildman–Crippen LogP) is 3.37. The Morgan fingerprint density at radius 2 is 1.88 bits per heavy atom. The zero-order valence-corrected chi connectivity index (χ0v) is 15.4. The second-order valence-electron chi connectivity index (χ2n) is 6.17. The van der Waals surface area contributed by atoms with Crippen LogP contribution >= 0.6 is 11.6 Å². The Balaban J connectivity index is 1.36. The summed E-state index contributed by atoms with van der Waals surface area (Å²) < 4.78 is 5.22. The lowest BCUT2D eigenvalue weighted by atomic mass is 10.2. The Hall–Kier alpha value is -1.98. The summed E-state index contributed by atoms with van der Waals surface area (Å²) in [6, 6.07) is 12.1. The first-order valence-corrected chi connectivity index (χ1v) is 9.09. The highest BCUT2D eigenvalue weighted by molar-refractivity contribution is 6.29. The zero-order valence-electron chi connectivity index (χ0n) is 14.6. The topological polar surface area (TPSA) is 40.6 Å². The number of piperazine rings is 1. The van der Waals surface area contributed by atoms with Crippen LogP contribution in [0.3, 0.4) is 0 Å². The second kappa shape index (κ2) is 8.92. The first kappa shape index (κ1) is 17.8. The van der Waals surface area contributed by atoms with Crippen molar-refractivity contribution in [2.45, 2.75) is 6.42 Å². The molecule has 0 atom stereocenters. The predicted molar refractivity (Wildman–Crippen MR) is 104 cm³/mol. The number of methoxy groups -OCH3 is 1. The molecular formula is C19H25ClN4O. The molecule has 0 spiro atoms. The van der Waals surface area contributed by atoms with E-state index in [0.717, 1.165) is 57.1 Å². The van der Waals surface area contributed by atoms with Crippen LogP contribution in [0.4, 0.5) is 11.4 Å². The number of nitrogens with zero attached hydrogens (tertiary/aromatic N) is 3. The van der Waals surface area contributed by atoms with Crippen LogP contribution in [0.25, 0.3) is 0 Å². The molecular weight excluding hydrogens is 336 g/mol. The number of pyridine rings is 1. The van der Waals surface area contributed by atoms with Crippen molar-refractivity contribution in [3.05, 3.63) is 47.7 Å². The van der Waals surface area contributed by atoms with Gasteiger partial charge in [0.2, 0.25) is 0 Å². The summed E-state index contributed by atoms with van der Waals surface area (Å²) in [5.41, 5.74) is 2.31. The van der Waals surface area contributed by atoms with Crippen molar-refractivity contribution in [3.8, 4) is 5.75 Å². The number of benzene rings is 1. The van der Waals surface area contributed by atoms with E-state index in [4.69, 9.17) is 16.3 Å². The number of anilines is 2. The molecule has 5 nitrogen and oxygen atoms in total. The van der Waals surface area contributed by atoms with Gasteiger partial charge in [-0.2, -0.15) is 0 Å². The van der Waals surface area contributed by atoms with Gasteiger partial charge in [-0.1, -0.05) is 11.6 Å². The highest BCUT2D eigenvalue weighted by Gasteiger charge is 2.16. The summed E-state index contributed by atoms with van der Waals surface area (Å²) in [6.45, 7) is 6.40. The molecule has 2 aromatic rings. The van der Waals surface area contributed by atoms with Crippen molar-refractivity contribution < 1.29 is 4.74 Å². The SMILES string of the molecule is COc1ccc(N2CCN(CCCNc3ccnc(Cl)c3)CC2)cc1. The third-order valence-corrected chi connectivity index (χ3v) is 4.72. The van der Waals surface area contributed by atoms with E-state index in [0.29, 0.717) is 5.15 Å². The van der Waals surface area contributed by atoms with Crippen LogP contribution in [0.1, 0.15) is 6.42 Å². The molecule has 0 saturated carbocycles. The van der Waals surface area contributed by atoms with Crippen LogP contribution in [0.15, 0.2) is 42.6 Å². The number of halogens is 1. The average molecular weight is 361 g/mol. The van der Waals surface area contributed by atoms with Gasteiger partial charge in [-0.25, -0.2) is 4.98 Å². The zero-order chi connectivity index (χ0) is 17.5. The van der Waals surface area contributed by atoms with Gasteiger partial charge in [-0.15, -0.1) is 0 Å². The van der Waals surface area contributed by atoms with E-state index in [9.17, 15) is 0 Å². The number of hydrogen-bond donors (Lipinski definition) is 1. The third-order valence-electron chi connectivity index (χ3n) is 4.52. The standard InChI is InChI=1S/C19H25ClN4O/c1-25-18-5-3-17(4-6-18)24-13-11-23(12-14-24)10-2-8-21-16-7-9-22-19(20)15-16/h3-7,9,15H,2,8,10-14H2,1H3,(H,21,22). The number of hydrogen-bond acceptors (Lipinski definition) is 5. The van der Waals surface area contributed by atoms with Crippen molar-refractivity contribution in [2.75, 3.05) is 56.6 Å². The smallest absolute Gasteiger partial charge is 0.131 e. The van der Waals surface area contributed by atoms with Gasteiger partial charge in [-0.05, 0) is 49.4 Å². The number of ether oxygens (including phenoxy) is 1. The molecule has 1 N–H and O–H groups in total. The average Bonchev–Trinajstić information content (AvgIpc) is 2.66. The maximum absolute atomic E-state index is 5.89. The lowest BCUT2D eigenvalue weighted by molar-refractivity contribution is 0.257. The molecule has 1 aliphatic heterocycles. The van der Waals surface area contributed by atoms with E-state index in [1.807, 2.05) is 24.3 Å². The number of nitrogens with one attached hydrogen (secondary N) is 1. The maximum atomic E-state index is 5.89. The van der Waals surface area contributed by atoms with Crippen LogP contribution < -0.4 is 15.0 Å². The molecule has 3 rings (SSSR count). The van der Waals surface area contributed by atoms with Crippen LogP contribution in [0.2, 0.25) is 5.15 Å². The quantitative estimate of drug-likeness (QED) is 0.605. The van der Waals surface area contributed by atoms with E-state index >= 15 is 0 Å². The fraction of sp³-hybridized carbons (Fsp3) is 0.421.